The summed E-state index contributed by atoms with van der Waals surface area (Å²) in [6, 6.07) is 0. The molecule has 0 rings (SSSR count). The van der Waals surface area contributed by atoms with Crippen molar-refractivity contribution in [3.05, 3.63) is 0 Å². The molecule has 0 spiro atoms. The van der Waals surface area contributed by atoms with E-state index in [4.69, 9.17) is 0 Å². The van der Waals surface area contributed by atoms with Gasteiger partial charge in [-0.3, -0.25) is 0 Å². The van der Waals surface area contributed by atoms with Crippen molar-refractivity contribution < 1.29 is 19.8 Å². The molecule has 0 bridgehead atoms. The second kappa shape index (κ2) is 34.3. The number of carbonyl (C=O) groups excluding carboxylic acids is 2. The van der Waals surface area contributed by atoms with Crippen LogP contribution in [0.25, 0.3) is 0 Å². The molecule has 4 nitrogen and oxygen atoms in total. The number of carboxylic acids is 2. The predicted octanol–water partition coefficient (Wildman–Crippen LogP) is 11.4. The molecule has 5 heteroatoms. The average molecular weight is 858 g/mol. The van der Waals surface area contributed by atoms with Crippen molar-refractivity contribution >= 4 is 39.2 Å². The van der Waals surface area contributed by atoms with Gasteiger partial charge in [-0.05, 0) is 24.7 Å². The Kier molecular flexibility index (Phi) is 37.4. The van der Waals surface area contributed by atoms with Crippen LogP contribution in [0.5, 0.6) is 0 Å². The summed E-state index contributed by atoms with van der Waals surface area (Å²) in [5.41, 5.74) is -1.39. The van der Waals surface area contributed by atoms with Crippen LogP contribution in [0.1, 0.15) is 235 Å². The second-order valence-corrected chi connectivity index (χ2v) is 15.9. The zero-order chi connectivity index (χ0) is 35.1. The first kappa shape index (κ1) is 51.2. The van der Waals surface area contributed by atoms with Crippen LogP contribution in [-0.4, -0.2) is 39.2 Å². The monoisotopic (exact) mass is 859 g/mol. The van der Waals surface area contributed by atoms with E-state index in [9.17, 15) is 19.8 Å². The Labute approximate surface area is 315 Å². The maximum absolute atomic E-state index is 11.1. The first-order valence-electron chi connectivity index (χ1n) is 20.3. The molecule has 0 fully saturated rings. The molecule has 0 aromatic carbocycles. The summed E-state index contributed by atoms with van der Waals surface area (Å²) in [4.78, 5) is 22.2. The Bertz CT molecular complexity index is 632. The largest absolute Gasteiger partial charge is 2.00 e. The molecular weight excluding hydrogens is 776 g/mol. The van der Waals surface area contributed by atoms with Crippen LogP contribution >= 0.6 is 0 Å². The van der Waals surface area contributed by atoms with Gasteiger partial charge in [0.25, 0.3) is 0 Å². The quantitative estimate of drug-likeness (QED) is 0.0498. The van der Waals surface area contributed by atoms with E-state index in [1.807, 2.05) is 13.8 Å². The Morgan fingerprint density at radius 3 is 0.745 bits per heavy atom. The summed E-state index contributed by atoms with van der Waals surface area (Å²) in [5.74, 6) is -1.44. The fourth-order valence-corrected chi connectivity index (χ4v) is 6.06. The average Bonchev–Trinajstić information content (AvgIpc) is 3.01. The van der Waals surface area contributed by atoms with Crippen molar-refractivity contribution in [2.24, 2.45) is 22.7 Å². The second-order valence-electron chi connectivity index (χ2n) is 15.9. The fraction of sp³-hybridized carbons (Fsp3) is 0.952. The predicted molar refractivity (Wildman–Crippen MR) is 202 cm³/mol. The topological polar surface area (TPSA) is 80.3 Å². The van der Waals surface area contributed by atoms with Crippen molar-refractivity contribution in [3.8, 4) is 0 Å². The van der Waals surface area contributed by atoms with Crippen LogP contribution < -0.4 is 10.2 Å². The third kappa shape index (κ3) is 30.4. The van der Waals surface area contributed by atoms with Gasteiger partial charge in [0.1, 0.15) is 0 Å². The Hall–Kier alpha value is -0.138. The van der Waals surface area contributed by atoms with Gasteiger partial charge in [-0.1, -0.05) is 222 Å². The molecule has 0 N–H and O–H groups in total. The first-order valence-corrected chi connectivity index (χ1v) is 20.3. The van der Waals surface area contributed by atoms with Gasteiger partial charge >= 0.3 is 27.3 Å². The van der Waals surface area contributed by atoms with E-state index < -0.39 is 22.8 Å². The molecule has 0 saturated heterocycles. The van der Waals surface area contributed by atoms with Gasteiger partial charge in [-0.25, -0.2) is 0 Å². The van der Waals surface area contributed by atoms with Crippen LogP contribution in [0.15, 0.2) is 0 Å². The summed E-state index contributed by atoms with van der Waals surface area (Å²) in [5, 5.41) is 22.2. The molecule has 278 valence electrons. The molecule has 2 atom stereocenters. The maximum Gasteiger partial charge on any atom is 2.00 e. The molecule has 0 heterocycles. The molecule has 2 unspecified atom stereocenters. The number of carbonyl (C=O) groups is 2. The number of rotatable bonds is 32. The minimum Gasteiger partial charge on any atom is -0.550 e. The Balaban J connectivity index is -0.000000807. The van der Waals surface area contributed by atoms with Crippen molar-refractivity contribution in [1.82, 2.24) is 0 Å². The summed E-state index contributed by atoms with van der Waals surface area (Å²) >= 11 is 0. The van der Waals surface area contributed by atoms with Gasteiger partial charge in [0.15, 0.2) is 0 Å². The molecule has 0 aliphatic rings. The van der Waals surface area contributed by atoms with Gasteiger partial charge in [-0.2, -0.15) is 0 Å². The van der Waals surface area contributed by atoms with Gasteiger partial charge < -0.3 is 19.8 Å². The molecule has 0 aliphatic carbocycles. The number of carboxylic acid groups (broad SMARTS) is 2. The van der Waals surface area contributed by atoms with Crippen LogP contribution in [0.4, 0.5) is 0 Å². The molecule has 0 saturated carbocycles. The van der Waals surface area contributed by atoms with Crippen molar-refractivity contribution in [2.45, 2.75) is 235 Å². The van der Waals surface area contributed by atoms with E-state index in [2.05, 4.69) is 13.8 Å². The van der Waals surface area contributed by atoms with Crippen LogP contribution in [0.3, 0.4) is 0 Å². The number of hydrogen-bond acceptors (Lipinski definition) is 4. The van der Waals surface area contributed by atoms with Crippen molar-refractivity contribution in [2.75, 3.05) is 0 Å². The standard InChI is InChI=1S/2C21H42O2.Pb/c2*1-5-6-7-8-9-10-11-12-13-14-15-16-17-18-19(2)21(3,4)20(22)23;/h2*19H,5-18H2,1-4H3,(H,22,23);/q;;+2/p-2. The van der Waals surface area contributed by atoms with E-state index in [0.29, 0.717) is 0 Å². The maximum atomic E-state index is 11.1. The molecule has 47 heavy (non-hydrogen) atoms. The molecule has 2 radical (unpaired) electrons. The summed E-state index contributed by atoms with van der Waals surface area (Å²) in [6.45, 7) is 15.8. The van der Waals surface area contributed by atoms with Crippen LogP contribution in [0.2, 0.25) is 0 Å². The summed E-state index contributed by atoms with van der Waals surface area (Å²) in [6.07, 6.45) is 37.2. The van der Waals surface area contributed by atoms with E-state index in [1.165, 1.54) is 154 Å². The summed E-state index contributed by atoms with van der Waals surface area (Å²) < 4.78 is 0. The van der Waals surface area contributed by atoms with Gasteiger partial charge in [0.05, 0.1) is 0 Å². The molecular formula is C42H82O4Pb. The SMILES string of the molecule is CCCCCCCCCCCCCCCC(C)C(C)(C)C(=O)[O-].CCCCCCCCCCCCCCCC(C)C(C)(C)C(=O)[O-].[Pb+2]. The Morgan fingerprint density at radius 2 is 0.574 bits per heavy atom. The first-order chi connectivity index (χ1) is 21.8. The smallest absolute Gasteiger partial charge is 0.550 e. The van der Waals surface area contributed by atoms with E-state index >= 15 is 0 Å². The zero-order valence-electron chi connectivity index (χ0n) is 33.1. The molecule has 0 aromatic heterocycles. The zero-order valence-corrected chi connectivity index (χ0v) is 37.0. The number of hydrogen-bond donors (Lipinski definition) is 0. The van der Waals surface area contributed by atoms with Gasteiger partial charge in [0, 0.05) is 22.8 Å². The number of unbranched alkanes of at least 4 members (excludes halogenated alkanes) is 24. The molecule has 0 aliphatic heterocycles. The minimum absolute atomic E-state index is 0. The van der Waals surface area contributed by atoms with E-state index in [0.717, 1.165) is 25.7 Å². The fourth-order valence-electron chi connectivity index (χ4n) is 6.06. The van der Waals surface area contributed by atoms with Gasteiger partial charge in [0.2, 0.25) is 0 Å². The van der Waals surface area contributed by atoms with Crippen molar-refractivity contribution in [1.29, 1.82) is 0 Å². The normalized spacial score (nSPS) is 12.9. The minimum atomic E-state index is -0.917. The van der Waals surface area contributed by atoms with E-state index in [-0.39, 0.29) is 39.1 Å². The summed E-state index contributed by atoms with van der Waals surface area (Å²) in [7, 11) is 0. The van der Waals surface area contributed by atoms with Crippen LogP contribution in [-0.2, 0) is 9.59 Å². The van der Waals surface area contributed by atoms with Crippen LogP contribution in [0, 0.1) is 22.7 Å². The molecule has 0 aromatic rings. The third-order valence-corrected chi connectivity index (χ3v) is 11.0. The number of aliphatic carboxylic acids is 2. The van der Waals surface area contributed by atoms with E-state index in [1.54, 1.807) is 27.7 Å². The molecule has 0 amide bonds. The van der Waals surface area contributed by atoms with Gasteiger partial charge in [-0.15, -0.1) is 0 Å². The Morgan fingerprint density at radius 1 is 0.404 bits per heavy atom. The third-order valence-electron chi connectivity index (χ3n) is 11.0. The van der Waals surface area contributed by atoms with Crippen molar-refractivity contribution in [3.63, 3.8) is 0 Å².